The summed E-state index contributed by atoms with van der Waals surface area (Å²) in [5, 5.41) is 20.4. The SMILES string of the molecule is C#CCn1nccc1C(C)=NN=C(CC)OCc1c(C)cccc1-n1nnn(C)c1=O. The van der Waals surface area contributed by atoms with E-state index in [9.17, 15) is 4.79 Å². The minimum Gasteiger partial charge on any atom is -0.475 e. The molecule has 0 atom stereocenters. The highest BCUT2D eigenvalue weighted by atomic mass is 16.5. The van der Waals surface area contributed by atoms with E-state index in [0.29, 0.717) is 30.3 Å². The van der Waals surface area contributed by atoms with Gasteiger partial charge in [0.25, 0.3) is 0 Å². The van der Waals surface area contributed by atoms with Crippen LogP contribution in [0.2, 0.25) is 0 Å². The molecule has 160 valence electrons. The van der Waals surface area contributed by atoms with E-state index in [-0.39, 0.29) is 12.3 Å². The summed E-state index contributed by atoms with van der Waals surface area (Å²) in [7, 11) is 1.55. The van der Waals surface area contributed by atoms with Crippen LogP contribution >= 0.6 is 0 Å². The fourth-order valence-electron chi connectivity index (χ4n) is 2.93. The lowest BCUT2D eigenvalue weighted by Crippen LogP contribution is -2.23. The first-order chi connectivity index (χ1) is 15.0. The van der Waals surface area contributed by atoms with Crippen LogP contribution in [0.5, 0.6) is 0 Å². The zero-order valence-corrected chi connectivity index (χ0v) is 18.0. The molecular formula is C21H24N8O2. The highest BCUT2D eigenvalue weighted by Gasteiger charge is 2.14. The number of tetrazole rings is 1. The van der Waals surface area contributed by atoms with Gasteiger partial charge in [-0.05, 0) is 42.0 Å². The van der Waals surface area contributed by atoms with E-state index in [1.807, 2.05) is 39.0 Å². The van der Waals surface area contributed by atoms with Gasteiger partial charge in [-0.15, -0.1) is 11.5 Å². The molecule has 1 aromatic carbocycles. The Morgan fingerprint density at radius 2 is 2.06 bits per heavy atom. The predicted octanol–water partition coefficient (Wildman–Crippen LogP) is 1.85. The van der Waals surface area contributed by atoms with E-state index in [1.54, 1.807) is 24.0 Å². The lowest BCUT2D eigenvalue weighted by Gasteiger charge is -2.13. The molecule has 0 N–H and O–H groups in total. The van der Waals surface area contributed by atoms with Gasteiger partial charge in [0.2, 0.25) is 5.90 Å². The Hall–Kier alpha value is -4.00. The number of terminal acetylenes is 1. The maximum absolute atomic E-state index is 12.3. The topological polar surface area (TPSA) is 104 Å². The molecule has 0 spiro atoms. The van der Waals surface area contributed by atoms with Crippen LogP contribution in [0.15, 0.2) is 45.5 Å². The summed E-state index contributed by atoms with van der Waals surface area (Å²) in [5.41, 5.74) is 3.53. The van der Waals surface area contributed by atoms with Crippen molar-refractivity contribution < 1.29 is 4.74 Å². The van der Waals surface area contributed by atoms with E-state index in [0.717, 1.165) is 16.8 Å². The molecule has 0 unspecified atom stereocenters. The third-order valence-corrected chi connectivity index (χ3v) is 4.66. The molecule has 3 aromatic rings. The van der Waals surface area contributed by atoms with Crippen molar-refractivity contribution in [1.29, 1.82) is 0 Å². The van der Waals surface area contributed by atoms with Crippen molar-refractivity contribution in [3.8, 4) is 18.0 Å². The molecule has 31 heavy (non-hydrogen) atoms. The smallest absolute Gasteiger partial charge is 0.368 e. The number of aryl methyl sites for hydroxylation is 2. The first-order valence-corrected chi connectivity index (χ1v) is 9.73. The van der Waals surface area contributed by atoms with Crippen LogP contribution in [0.25, 0.3) is 5.69 Å². The van der Waals surface area contributed by atoms with Gasteiger partial charge in [-0.2, -0.15) is 19.6 Å². The quantitative estimate of drug-likeness (QED) is 0.251. The summed E-state index contributed by atoms with van der Waals surface area (Å²) < 4.78 is 10.0. The number of nitrogens with zero attached hydrogens (tertiary/aromatic N) is 8. The highest BCUT2D eigenvalue weighted by Crippen LogP contribution is 2.18. The molecule has 0 bridgehead atoms. The maximum atomic E-state index is 12.3. The van der Waals surface area contributed by atoms with Gasteiger partial charge in [-0.25, -0.2) is 4.79 Å². The summed E-state index contributed by atoms with van der Waals surface area (Å²) in [6.07, 6.45) is 7.59. The Morgan fingerprint density at radius 3 is 2.74 bits per heavy atom. The monoisotopic (exact) mass is 420 g/mol. The fourth-order valence-corrected chi connectivity index (χ4v) is 2.93. The van der Waals surface area contributed by atoms with Crippen molar-refractivity contribution in [3.05, 3.63) is 57.8 Å². The van der Waals surface area contributed by atoms with Crippen LogP contribution < -0.4 is 5.69 Å². The van der Waals surface area contributed by atoms with E-state index in [1.165, 1.54) is 9.36 Å². The number of hydrogen-bond acceptors (Lipinski definition) is 7. The Balaban J connectivity index is 1.83. The van der Waals surface area contributed by atoms with Crippen molar-refractivity contribution in [2.75, 3.05) is 0 Å². The molecule has 0 fully saturated rings. The zero-order valence-electron chi connectivity index (χ0n) is 18.0. The van der Waals surface area contributed by atoms with Gasteiger partial charge in [-0.3, -0.25) is 4.68 Å². The summed E-state index contributed by atoms with van der Waals surface area (Å²) in [4.78, 5) is 12.3. The van der Waals surface area contributed by atoms with Crippen LogP contribution in [0.4, 0.5) is 0 Å². The van der Waals surface area contributed by atoms with Crippen LogP contribution in [-0.2, 0) is 24.9 Å². The van der Waals surface area contributed by atoms with Crippen LogP contribution in [0, 0.1) is 19.3 Å². The molecular weight excluding hydrogens is 396 g/mol. The van der Waals surface area contributed by atoms with Crippen molar-refractivity contribution in [1.82, 2.24) is 29.6 Å². The van der Waals surface area contributed by atoms with Crippen molar-refractivity contribution in [2.45, 2.75) is 40.3 Å². The number of benzene rings is 1. The van der Waals surface area contributed by atoms with Crippen molar-refractivity contribution >= 4 is 11.6 Å². The van der Waals surface area contributed by atoms with E-state index in [4.69, 9.17) is 11.2 Å². The molecule has 0 radical (unpaired) electrons. The minimum atomic E-state index is -0.333. The van der Waals surface area contributed by atoms with Gasteiger partial charge < -0.3 is 4.74 Å². The van der Waals surface area contributed by atoms with E-state index < -0.39 is 0 Å². The third-order valence-electron chi connectivity index (χ3n) is 4.66. The van der Waals surface area contributed by atoms with Gasteiger partial charge in [0.1, 0.15) is 13.2 Å². The van der Waals surface area contributed by atoms with Crippen LogP contribution in [-0.4, -0.2) is 41.2 Å². The molecule has 3 rings (SSSR count). The molecule has 0 amide bonds. The summed E-state index contributed by atoms with van der Waals surface area (Å²) in [5.74, 6) is 3.02. The van der Waals surface area contributed by atoms with Gasteiger partial charge in [0.15, 0.2) is 0 Å². The highest BCUT2D eigenvalue weighted by molar-refractivity contribution is 5.97. The molecule has 0 aliphatic carbocycles. The lowest BCUT2D eigenvalue weighted by molar-refractivity contribution is 0.282. The summed E-state index contributed by atoms with van der Waals surface area (Å²) >= 11 is 0. The number of hydrogen-bond donors (Lipinski definition) is 0. The Bertz CT molecular complexity index is 1220. The van der Waals surface area contributed by atoms with Gasteiger partial charge >= 0.3 is 5.69 Å². The van der Waals surface area contributed by atoms with Crippen molar-refractivity contribution in [3.63, 3.8) is 0 Å². The average Bonchev–Trinajstić information content (AvgIpc) is 3.36. The molecule has 0 aliphatic heterocycles. The minimum absolute atomic E-state index is 0.210. The second-order valence-corrected chi connectivity index (χ2v) is 6.77. The Morgan fingerprint density at radius 1 is 1.26 bits per heavy atom. The number of ether oxygens (including phenoxy) is 1. The molecule has 2 aromatic heterocycles. The van der Waals surface area contributed by atoms with E-state index >= 15 is 0 Å². The fraction of sp³-hybridized carbons (Fsp3) is 0.333. The molecule has 0 aliphatic rings. The van der Waals surface area contributed by atoms with Crippen molar-refractivity contribution in [2.24, 2.45) is 17.3 Å². The average molecular weight is 420 g/mol. The molecule has 0 saturated heterocycles. The van der Waals surface area contributed by atoms with Gasteiger partial charge in [0, 0.05) is 25.2 Å². The third kappa shape index (κ3) is 4.78. The summed E-state index contributed by atoms with van der Waals surface area (Å²) in [6.45, 7) is 6.27. The summed E-state index contributed by atoms with van der Waals surface area (Å²) in [6, 6.07) is 7.44. The molecule has 10 nitrogen and oxygen atoms in total. The second-order valence-electron chi connectivity index (χ2n) is 6.77. The second kappa shape index (κ2) is 9.67. The largest absolute Gasteiger partial charge is 0.475 e. The molecule has 0 saturated carbocycles. The normalized spacial score (nSPS) is 12.1. The first kappa shape index (κ1) is 21.7. The Labute approximate surface area is 179 Å². The predicted molar refractivity (Wildman–Crippen MR) is 117 cm³/mol. The van der Waals surface area contributed by atoms with Crippen LogP contribution in [0.1, 0.15) is 37.1 Å². The van der Waals surface area contributed by atoms with E-state index in [2.05, 4.69) is 31.6 Å². The standard InChI is InChI=1S/C21H24N8O2/c1-6-13-28-18(11-12-22-28)16(4)23-24-20(7-2)31-14-17-15(3)9-8-10-19(17)29-21(30)27(5)25-26-29/h1,8-12H,7,13-14H2,2-5H3. The molecule has 10 heteroatoms. The lowest BCUT2D eigenvalue weighted by atomic mass is 10.1. The van der Waals surface area contributed by atoms with Gasteiger partial charge in [-0.1, -0.05) is 25.0 Å². The number of aromatic nitrogens is 6. The van der Waals surface area contributed by atoms with Gasteiger partial charge in [0.05, 0.1) is 17.1 Å². The zero-order chi connectivity index (χ0) is 22.4. The van der Waals surface area contributed by atoms with Crippen LogP contribution in [0.3, 0.4) is 0 Å². The number of rotatable bonds is 7. The first-order valence-electron chi connectivity index (χ1n) is 9.73. The Kier molecular flexibility index (Phi) is 6.77. The molecule has 2 heterocycles. The maximum Gasteiger partial charge on any atom is 0.368 e.